The quantitative estimate of drug-likeness (QED) is 0.481. The van der Waals surface area contributed by atoms with Gasteiger partial charge in [-0.3, -0.25) is 19.3 Å². The number of aryl methyl sites for hydroxylation is 2. The molecule has 6 nitrogen and oxygen atoms in total. The number of hydrogen-bond donors (Lipinski definition) is 1. The van der Waals surface area contributed by atoms with Gasteiger partial charge in [-0.2, -0.15) is 0 Å². The van der Waals surface area contributed by atoms with Gasteiger partial charge in [0, 0.05) is 13.0 Å². The number of unbranched alkanes of at least 4 members (excludes halogenated alkanes) is 2. The first-order chi connectivity index (χ1) is 14.5. The third-order valence-corrected chi connectivity index (χ3v) is 5.05. The number of imide groups is 1. The number of hydrogen-bond acceptors (Lipinski definition) is 4. The minimum atomic E-state index is -0.225. The van der Waals surface area contributed by atoms with Crippen LogP contribution in [0.5, 0.6) is 5.75 Å². The van der Waals surface area contributed by atoms with Crippen molar-refractivity contribution in [2.75, 3.05) is 19.7 Å². The molecule has 0 spiro atoms. The molecule has 2 aromatic rings. The lowest BCUT2D eigenvalue weighted by Gasteiger charge is -2.13. The summed E-state index contributed by atoms with van der Waals surface area (Å²) in [6.07, 6.45) is 2.60. The fourth-order valence-corrected chi connectivity index (χ4v) is 3.64. The monoisotopic (exact) mass is 408 g/mol. The molecule has 3 amide bonds. The average Bonchev–Trinajstić information content (AvgIpc) is 2.95. The van der Waals surface area contributed by atoms with E-state index in [-0.39, 0.29) is 17.7 Å². The number of amides is 3. The maximum atomic E-state index is 12.3. The molecule has 0 saturated carbocycles. The molecular formula is C24H28N2O4. The zero-order chi connectivity index (χ0) is 21.5. The highest BCUT2D eigenvalue weighted by Gasteiger charge is 2.34. The molecule has 1 aliphatic rings. The van der Waals surface area contributed by atoms with Gasteiger partial charge in [-0.1, -0.05) is 24.6 Å². The molecule has 6 heteroatoms. The van der Waals surface area contributed by atoms with E-state index in [1.807, 2.05) is 26.0 Å². The van der Waals surface area contributed by atoms with Gasteiger partial charge < -0.3 is 10.1 Å². The lowest BCUT2D eigenvalue weighted by Crippen LogP contribution is -2.30. The van der Waals surface area contributed by atoms with Gasteiger partial charge in [0.25, 0.3) is 11.8 Å². The molecule has 3 rings (SSSR count). The van der Waals surface area contributed by atoms with E-state index in [0.717, 1.165) is 23.3 Å². The van der Waals surface area contributed by atoms with Crippen molar-refractivity contribution in [2.45, 2.75) is 39.5 Å². The van der Waals surface area contributed by atoms with E-state index in [4.69, 9.17) is 4.74 Å². The second-order valence-electron chi connectivity index (χ2n) is 7.64. The standard InChI is InChI=1S/C24H28N2O4/c1-17-14-18(2)16-19(15-17)30-13-11-25-22(27)10-4-3-7-12-26-23(28)20-8-5-6-9-21(20)24(26)29/h5-6,8-9,14-16H,3-4,7,10-13H2,1-2H3,(H,25,27). The predicted octanol–water partition coefficient (Wildman–Crippen LogP) is 3.66. The van der Waals surface area contributed by atoms with Crippen LogP contribution >= 0.6 is 0 Å². The molecule has 0 radical (unpaired) electrons. The van der Waals surface area contributed by atoms with Gasteiger partial charge in [0.15, 0.2) is 0 Å². The Balaban J connectivity index is 1.27. The summed E-state index contributed by atoms with van der Waals surface area (Å²) in [6.45, 7) is 5.32. The number of carbonyl (C=O) groups excluding carboxylic acids is 3. The van der Waals surface area contributed by atoms with Crippen LogP contribution in [0.15, 0.2) is 42.5 Å². The van der Waals surface area contributed by atoms with Crippen LogP contribution < -0.4 is 10.1 Å². The van der Waals surface area contributed by atoms with Crippen LogP contribution in [0.1, 0.15) is 57.5 Å². The predicted molar refractivity (Wildman–Crippen MR) is 115 cm³/mol. The molecule has 158 valence electrons. The Hall–Kier alpha value is -3.15. The van der Waals surface area contributed by atoms with Crippen molar-refractivity contribution >= 4 is 17.7 Å². The summed E-state index contributed by atoms with van der Waals surface area (Å²) >= 11 is 0. The zero-order valence-electron chi connectivity index (χ0n) is 17.6. The number of nitrogens with zero attached hydrogens (tertiary/aromatic N) is 1. The van der Waals surface area contributed by atoms with E-state index in [2.05, 4.69) is 11.4 Å². The Morgan fingerprint density at radius 3 is 2.20 bits per heavy atom. The van der Waals surface area contributed by atoms with Gasteiger partial charge >= 0.3 is 0 Å². The molecular weight excluding hydrogens is 380 g/mol. The first-order valence-corrected chi connectivity index (χ1v) is 10.4. The summed E-state index contributed by atoms with van der Waals surface area (Å²) in [7, 11) is 0. The molecule has 1 N–H and O–H groups in total. The summed E-state index contributed by atoms with van der Waals surface area (Å²) in [6, 6.07) is 12.9. The van der Waals surface area contributed by atoms with Crippen LogP contribution in [0.25, 0.3) is 0 Å². The molecule has 1 aliphatic heterocycles. The molecule has 2 aromatic carbocycles. The van der Waals surface area contributed by atoms with Crippen LogP contribution in [0.2, 0.25) is 0 Å². The zero-order valence-corrected chi connectivity index (χ0v) is 17.6. The van der Waals surface area contributed by atoms with Crippen molar-refractivity contribution in [1.82, 2.24) is 10.2 Å². The SMILES string of the molecule is Cc1cc(C)cc(OCCNC(=O)CCCCCN2C(=O)c3ccccc3C2=O)c1. The van der Waals surface area contributed by atoms with Gasteiger partial charge in [0.05, 0.1) is 17.7 Å². The topological polar surface area (TPSA) is 75.7 Å². The number of ether oxygens (including phenoxy) is 1. The van der Waals surface area contributed by atoms with E-state index in [1.54, 1.807) is 24.3 Å². The first kappa shape index (κ1) is 21.6. The second-order valence-corrected chi connectivity index (χ2v) is 7.64. The number of nitrogens with one attached hydrogen (secondary N) is 1. The highest BCUT2D eigenvalue weighted by molar-refractivity contribution is 6.21. The van der Waals surface area contributed by atoms with Crippen molar-refractivity contribution in [3.05, 3.63) is 64.7 Å². The van der Waals surface area contributed by atoms with E-state index < -0.39 is 0 Å². The molecule has 0 atom stereocenters. The van der Waals surface area contributed by atoms with Crippen molar-refractivity contribution in [3.8, 4) is 5.75 Å². The Labute approximate surface area is 177 Å². The van der Waals surface area contributed by atoms with Gasteiger partial charge in [-0.25, -0.2) is 0 Å². The van der Waals surface area contributed by atoms with Gasteiger partial charge in [0.2, 0.25) is 5.91 Å². The van der Waals surface area contributed by atoms with Crippen molar-refractivity contribution in [1.29, 1.82) is 0 Å². The van der Waals surface area contributed by atoms with Gasteiger partial charge in [-0.05, 0) is 62.1 Å². The minimum absolute atomic E-state index is 0.0141. The Morgan fingerprint density at radius 2 is 1.57 bits per heavy atom. The van der Waals surface area contributed by atoms with Crippen molar-refractivity contribution < 1.29 is 19.1 Å². The van der Waals surface area contributed by atoms with E-state index in [1.165, 1.54) is 4.90 Å². The smallest absolute Gasteiger partial charge is 0.261 e. The molecule has 30 heavy (non-hydrogen) atoms. The van der Waals surface area contributed by atoms with Crippen LogP contribution in [-0.2, 0) is 4.79 Å². The van der Waals surface area contributed by atoms with Crippen molar-refractivity contribution in [3.63, 3.8) is 0 Å². The largest absolute Gasteiger partial charge is 0.492 e. The fourth-order valence-electron chi connectivity index (χ4n) is 3.64. The molecule has 0 aliphatic carbocycles. The molecule has 0 saturated heterocycles. The third kappa shape index (κ3) is 5.47. The van der Waals surface area contributed by atoms with E-state index in [9.17, 15) is 14.4 Å². The molecule has 0 bridgehead atoms. The summed E-state index contributed by atoms with van der Waals surface area (Å²) in [5.41, 5.74) is 3.25. The van der Waals surface area contributed by atoms with Crippen LogP contribution in [0, 0.1) is 13.8 Å². The Kier molecular flexibility index (Phi) is 7.22. The van der Waals surface area contributed by atoms with Crippen LogP contribution in [0.3, 0.4) is 0 Å². The van der Waals surface area contributed by atoms with Crippen molar-refractivity contribution in [2.24, 2.45) is 0 Å². The minimum Gasteiger partial charge on any atom is -0.492 e. The fraction of sp³-hybridized carbons (Fsp3) is 0.375. The average molecular weight is 408 g/mol. The second kappa shape index (κ2) is 10.1. The van der Waals surface area contributed by atoms with Crippen LogP contribution in [-0.4, -0.2) is 42.3 Å². The molecule has 0 fully saturated rings. The van der Waals surface area contributed by atoms with Crippen LogP contribution in [0.4, 0.5) is 0 Å². The number of fused-ring (bicyclic) bond motifs is 1. The van der Waals surface area contributed by atoms with Gasteiger partial charge in [0.1, 0.15) is 12.4 Å². The summed E-state index contributed by atoms with van der Waals surface area (Å²) in [5.74, 6) is 0.351. The Bertz CT molecular complexity index is 883. The number of benzene rings is 2. The molecule has 0 unspecified atom stereocenters. The van der Waals surface area contributed by atoms with E-state index >= 15 is 0 Å². The third-order valence-electron chi connectivity index (χ3n) is 5.05. The lowest BCUT2D eigenvalue weighted by atomic mass is 10.1. The normalized spacial score (nSPS) is 12.8. The summed E-state index contributed by atoms with van der Waals surface area (Å²) in [5, 5.41) is 2.86. The highest BCUT2D eigenvalue weighted by atomic mass is 16.5. The number of rotatable bonds is 10. The highest BCUT2D eigenvalue weighted by Crippen LogP contribution is 2.22. The first-order valence-electron chi connectivity index (χ1n) is 10.4. The summed E-state index contributed by atoms with van der Waals surface area (Å²) < 4.78 is 5.68. The molecule has 1 heterocycles. The maximum Gasteiger partial charge on any atom is 0.261 e. The van der Waals surface area contributed by atoms with Gasteiger partial charge in [-0.15, -0.1) is 0 Å². The maximum absolute atomic E-state index is 12.3. The number of carbonyl (C=O) groups is 3. The lowest BCUT2D eigenvalue weighted by molar-refractivity contribution is -0.121. The van der Waals surface area contributed by atoms with E-state index in [0.29, 0.717) is 50.1 Å². The Morgan fingerprint density at radius 1 is 0.933 bits per heavy atom. The molecule has 0 aromatic heterocycles. The summed E-state index contributed by atoms with van der Waals surface area (Å²) in [4.78, 5) is 37.8.